The van der Waals surface area contributed by atoms with Crippen molar-refractivity contribution >= 4 is 5.91 Å². The molecule has 24 heavy (non-hydrogen) atoms. The van der Waals surface area contributed by atoms with Crippen molar-refractivity contribution in [3.8, 4) is 0 Å². The highest BCUT2D eigenvalue weighted by atomic mass is 16.5. The highest BCUT2D eigenvalue weighted by Gasteiger charge is 2.48. The predicted molar refractivity (Wildman–Crippen MR) is 95.9 cm³/mol. The summed E-state index contributed by atoms with van der Waals surface area (Å²) in [7, 11) is 1.70. The molecular formula is C20H30N2O2. The molecule has 0 N–H and O–H groups in total. The molecule has 1 atom stereocenters. The summed E-state index contributed by atoms with van der Waals surface area (Å²) in [4.78, 5) is 17.5. The smallest absolute Gasteiger partial charge is 0.230 e. The van der Waals surface area contributed by atoms with Gasteiger partial charge >= 0.3 is 0 Å². The van der Waals surface area contributed by atoms with Crippen LogP contribution in [-0.2, 0) is 16.1 Å². The second kappa shape index (κ2) is 7.24. The highest BCUT2D eigenvalue weighted by molar-refractivity contribution is 5.84. The van der Waals surface area contributed by atoms with E-state index in [2.05, 4.69) is 36.9 Å². The fraction of sp³-hybridized carbons (Fsp3) is 0.650. The lowest BCUT2D eigenvalue weighted by atomic mass is 9.78. The molecule has 2 aliphatic rings. The van der Waals surface area contributed by atoms with Gasteiger partial charge in [-0.15, -0.1) is 0 Å². The number of ether oxygens (including phenoxy) is 1. The van der Waals surface area contributed by atoms with Crippen LogP contribution >= 0.6 is 0 Å². The maximum atomic E-state index is 13.0. The summed E-state index contributed by atoms with van der Waals surface area (Å²) in [6.07, 6.45) is 3.16. The first kappa shape index (κ1) is 17.4. The zero-order chi connectivity index (χ0) is 17.2. The molecule has 2 fully saturated rings. The number of piperidine rings is 1. The van der Waals surface area contributed by atoms with Crippen LogP contribution in [0.1, 0.15) is 36.0 Å². The van der Waals surface area contributed by atoms with Crippen molar-refractivity contribution in [2.75, 3.05) is 39.9 Å². The van der Waals surface area contributed by atoms with Gasteiger partial charge in [0.05, 0.1) is 12.0 Å². The Bertz CT molecular complexity index is 601. The molecule has 3 rings (SSSR count). The Kier molecular flexibility index (Phi) is 5.26. The molecule has 0 radical (unpaired) electrons. The van der Waals surface area contributed by atoms with Crippen LogP contribution in [-0.4, -0.2) is 55.6 Å². The molecule has 1 amide bonds. The number of carbonyl (C=O) groups excluding carboxylic acids is 1. The molecule has 0 aromatic heterocycles. The molecule has 0 bridgehead atoms. The Hall–Kier alpha value is -1.39. The molecule has 0 aliphatic carbocycles. The van der Waals surface area contributed by atoms with Gasteiger partial charge in [-0.2, -0.15) is 0 Å². The average Bonchev–Trinajstić information content (AvgIpc) is 2.96. The van der Waals surface area contributed by atoms with Crippen LogP contribution in [0.3, 0.4) is 0 Å². The number of rotatable bonds is 5. The van der Waals surface area contributed by atoms with Crippen LogP contribution in [0.25, 0.3) is 0 Å². The van der Waals surface area contributed by atoms with Crippen LogP contribution in [0.5, 0.6) is 0 Å². The summed E-state index contributed by atoms with van der Waals surface area (Å²) < 4.78 is 5.16. The standard InChI is InChI=1S/C20H30N2O2/c1-16-5-6-17(2)18(13-16)14-21-10-8-20(15-21)7-4-9-22(19(20)23)11-12-24-3/h5-6,13H,4,7-12,14-15H2,1-3H3. The maximum Gasteiger partial charge on any atom is 0.230 e. The second-order valence-corrected chi connectivity index (χ2v) is 7.56. The summed E-state index contributed by atoms with van der Waals surface area (Å²) in [6.45, 7) is 9.47. The summed E-state index contributed by atoms with van der Waals surface area (Å²) >= 11 is 0. The van der Waals surface area contributed by atoms with Gasteiger partial charge in [-0.25, -0.2) is 0 Å². The van der Waals surface area contributed by atoms with Crippen LogP contribution in [0.15, 0.2) is 18.2 Å². The fourth-order valence-electron chi connectivity index (χ4n) is 4.25. The van der Waals surface area contributed by atoms with Crippen molar-refractivity contribution in [1.29, 1.82) is 0 Å². The first-order valence-corrected chi connectivity index (χ1v) is 9.11. The van der Waals surface area contributed by atoms with E-state index in [0.717, 1.165) is 52.0 Å². The lowest BCUT2D eigenvalue weighted by Gasteiger charge is -2.39. The topological polar surface area (TPSA) is 32.8 Å². The Morgan fingerprint density at radius 3 is 2.83 bits per heavy atom. The maximum absolute atomic E-state index is 13.0. The van der Waals surface area contributed by atoms with Crippen molar-refractivity contribution < 1.29 is 9.53 Å². The number of benzene rings is 1. The molecule has 1 unspecified atom stereocenters. The molecule has 4 heteroatoms. The number of nitrogens with zero attached hydrogens (tertiary/aromatic N) is 2. The zero-order valence-electron chi connectivity index (χ0n) is 15.3. The molecule has 1 aromatic rings. The third-order valence-corrected chi connectivity index (χ3v) is 5.72. The van der Waals surface area contributed by atoms with Gasteiger partial charge in [0.1, 0.15) is 0 Å². The summed E-state index contributed by atoms with van der Waals surface area (Å²) in [6, 6.07) is 6.66. The second-order valence-electron chi connectivity index (χ2n) is 7.56. The van der Waals surface area contributed by atoms with E-state index >= 15 is 0 Å². The average molecular weight is 330 g/mol. The number of carbonyl (C=O) groups is 1. The van der Waals surface area contributed by atoms with E-state index in [1.165, 1.54) is 16.7 Å². The third-order valence-electron chi connectivity index (χ3n) is 5.72. The van der Waals surface area contributed by atoms with E-state index in [1.807, 2.05) is 4.90 Å². The molecule has 1 spiro atoms. The van der Waals surface area contributed by atoms with E-state index in [4.69, 9.17) is 4.74 Å². The Morgan fingerprint density at radius 1 is 1.21 bits per heavy atom. The monoisotopic (exact) mass is 330 g/mol. The predicted octanol–water partition coefficient (Wildman–Crippen LogP) is 2.76. The van der Waals surface area contributed by atoms with Gasteiger partial charge in [-0.3, -0.25) is 9.69 Å². The normalized spacial score (nSPS) is 25.0. The van der Waals surface area contributed by atoms with Crippen molar-refractivity contribution in [3.63, 3.8) is 0 Å². The van der Waals surface area contributed by atoms with Gasteiger partial charge in [-0.05, 0) is 50.8 Å². The van der Waals surface area contributed by atoms with Gasteiger partial charge in [0, 0.05) is 33.3 Å². The Labute approximate surface area is 145 Å². The van der Waals surface area contributed by atoms with Gasteiger partial charge in [0.25, 0.3) is 0 Å². The Morgan fingerprint density at radius 2 is 2.04 bits per heavy atom. The van der Waals surface area contributed by atoms with Crippen LogP contribution in [0.4, 0.5) is 0 Å². The minimum atomic E-state index is -0.149. The van der Waals surface area contributed by atoms with E-state index in [-0.39, 0.29) is 5.41 Å². The number of likely N-dealkylation sites (tertiary alicyclic amines) is 2. The Balaban J connectivity index is 1.67. The van der Waals surface area contributed by atoms with E-state index in [0.29, 0.717) is 12.5 Å². The molecular weight excluding hydrogens is 300 g/mol. The fourth-order valence-corrected chi connectivity index (χ4v) is 4.25. The number of hydrogen-bond donors (Lipinski definition) is 0. The van der Waals surface area contributed by atoms with Crippen molar-refractivity contribution in [1.82, 2.24) is 9.80 Å². The lowest BCUT2D eigenvalue weighted by Crippen LogP contribution is -2.50. The highest BCUT2D eigenvalue weighted by Crippen LogP contribution is 2.40. The largest absolute Gasteiger partial charge is 0.383 e. The molecule has 2 saturated heterocycles. The van der Waals surface area contributed by atoms with Crippen LogP contribution < -0.4 is 0 Å². The van der Waals surface area contributed by atoms with E-state index < -0.39 is 0 Å². The minimum Gasteiger partial charge on any atom is -0.383 e. The molecule has 0 saturated carbocycles. The number of hydrogen-bond acceptors (Lipinski definition) is 3. The quantitative estimate of drug-likeness (QED) is 0.832. The number of methoxy groups -OCH3 is 1. The SMILES string of the molecule is COCCN1CCCC2(CCN(Cc3cc(C)ccc3C)C2)C1=O. The van der Waals surface area contributed by atoms with Gasteiger partial charge < -0.3 is 9.64 Å². The van der Waals surface area contributed by atoms with Crippen molar-refractivity contribution in [2.45, 2.75) is 39.7 Å². The van der Waals surface area contributed by atoms with Crippen molar-refractivity contribution in [2.24, 2.45) is 5.41 Å². The molecule has 1 aromatic carbocycles. The van der Waals surface area contributed by atoms with Crippen LogP contribution in [0.2, 0.25) is 0 Å². The molecule has 4 nitrogen and oxygen atoms in total. The first-order valence-electron chi connectivity index (χ1n) is 9.11. The zero-order valence-corrected chi connectivity index (χ0v) is 15.3. The number of aryl methyl sites for hydroxylation is 2. The molecule has 2 heterocycles. The summed E-state index contributed by atoms with van der Waals surface area (Å²) in [5.41, 5.74) is 3.90. The van der Waals surface area contributed by atoms with Crippen molar-refractivity contribution in [3.05, 3.63) is 34.9 Å². The summed E-state index contributed by atoms with van der Waals surface area (Å²) in [5.74, 6) is 0.356. The van der Waals surface area contributed by atoms with Crippen LogP contribution in [0, 0.1) is 19.3 Å². The first-order chi connectivity index (χ1) is 11.5. The summed E-state index contributed by atoms with van der Waals surface area (Å²) in [5, 5.41) is 0. The van der Waals surface area contributed by atoms with Gasteiger partial charge in [0.15, 0.2) is 0 Å². The minimum absolute atomic E-state index is 0.149. The lowest BCUT2D eigenvalue weighted by molar-refractivity contribution is -0.146. The third kappa shape index (κ3) is 3.50. The van der Waals surface area contributed by atoms with E-state index in [9.17, 15) is 4.79 Å². The number of amides is 1. The van der Waals surface area contributed by atoms with Gasteiger partial charge in [-0.1, -0.05) is 23.8 Å². The van der Waals surface area contributed by atoms with Gasteiger partial charge in [0.2, 0.25) is 5.91 Å². The molecule has 132 valence electrons. The van der Waals surface area contributed by atoms with E-state index in [1.54, 1.807) is 7.11 Å². The molecule has 2 aliphatic heterocycles.